The number of carbonyl (C=O) groups is 1. The highest BCUT2D eigenvalue weighted by molar-refractivity contribution is 5.73. The van der Waals surface area contributed by atoms with Gasteiger partial charge in [0, 0.05) is 19.5 Å². The molecule has 19 heavy (non-hydrogen) atoms. The van der Waals surface area contributed by atoms with Crippen LogP contribution < -0.4 is 0 Å². The van der Waals surface area contributed by atoms with Gasteiger partial charge in [0.15, 0.2) is 0 Å². The van der Waals surface area contributed by atoms with E-state index < -0.39 is 0 Å². The van der Waals surface area contributed by atoms with Crippen molar-refractivity contribution in [1.29, 1.82) is 5.26 Å². The van der Waals surface area contributed by atoms with Gasteiger partial charge in [-0.1, -0.05) is 31.4 Å². The summed E-state index contributed by atoms with van der Waals surface area (Å²) in [5.74, 6) is 0.149. The minimum absolute atomic E-state index is 0.149. The van der Waals surface area contributed by atoms with Gasteiger partial charge in [-0.25, -0.2) is 0 Å². The maximum absolute atomic E-state index is 11.8. The Morgan fingerprint density at radius 3 is 2.42 bits per heavy atom. The van der Waals surface area contributed by atoms with Crippen LogP contribution in [0.4, 0.5) is 0 Å². The van der Waals surface area contributed by atoms with Gasteiger partial charge < -0.3 is 4.90 Å². The Morgan fingerprint density at radius 2 is 1.89 bits per heavy atom. The summed E-state index contributed by atoms with van der Waals surface area (Å²) >= 11 is 0. The first-order valence-corrected chi connectivity index (χ1v) is 6.97. The topological polar surface area (TPSA) is 44.1 Å². The van der Waals surface area contributed by atoms with Crippen molar-refractivity contribution in [2.24, 2.45) is 0 Å². The predicted octanol–water partition coefficient (Wildman–Crippen LogP) is 3.24. The molecule has 100 valence electrons. The molecular weight excluding hydrogens is 236 g/mol. The van der Waals surface area contributed by atoms with Crippen LogP contribution in [0.15, 0.2) is 24.3 Å². The highest BCUT2D eigenvalue weighted by Crippen LogP contribution is 2.24. The molecule has 0 aliphatic heterocycles. The number of hydrogen-bond acceptors (Lipinski definition) is 2. The van der Waals surface area contributed by atoms with Crippen molar-refractivity contribution >= 4 is 5.91 Å². The first kappa shape index (κ1) is 13.6. The van der Waals surface area contributed by atoms with Crippen molar-refractivity contribution in [2.45, 2.75) is 51.6 Å². The molecule has 1 aromatic rings. The summed E-state index contributed by atoms with van der Waals surface area (Å²) in [5, 5.41) is 8.79. The summed E-state index contributed by atoms with van der Waals surface area (Å²) in [4.78, 5) is 13.8. The number of hydrogen-bond donors (Lipinski definition) is 0. The van der Waals surface area contributed by atoms with E-state index in [0.717, 1.165) is 18.4 Å². The molecule has 0 heterocycles. The third kappa shape index (κ3) is 3.57. The summed E-state index contributed by atoms with van der Waals surface area (Å²) < 4.78 is 0. The number of carbonyl (C=O) groups excluding carboxylic acids is 1. The molecule has 3 nitrogen and oxygen atoms in total. The molecule has 0 saturated heterocycles. The summed E-state index contributed by atoms with van der Waals surface area (Å²) in [6.45, 7) is 2.31. The molecule has 0 unspecified atom stereocenters. The van der Waals surface area contributed by atoms with Gasteiger partial charge in [-0.15, -0.1) is 0 Å². The maximum Gasteiger partial charge on any atom is 0.219 e. The Morgan fingerprint density at radius 1 is 1.26 bits per heavy atom. The van der Waals surface area contributed by atoms with Crippen LogP contribution in [0.3, 0.4) is 0 Å². The second-order valence-corrected chi connectivity index (χ2v) is 5.25. The monoisotopic (exact) mass is 256 g/mol. The van der Waals surface area contributed by atoms with Crippen LogP contribution in [-0.4, -0.2) is 16.8 Å². The van der Waals surface area contributed by atoms with Crippen LogP contribution in [0.25, 0.3) is 0 Å². The lowest BCUT2D eigenvalue weighted by Gasteiger charge is -2.33. The standard InChI is InChI=1S/C16H20N2O/c1-13(19)18(16-5-3-2-4-6-16)12-15-9-7-14(11-17)8-10-15/h7-10,16H,2-6,12H2,1H3. The molecule has 0 bridgehead atoms. The lowest BCUT2D eigenvalue weighted by atomic mass is 9.93. The van der Waals surface area contributed by atoms with Crippen LogP contribution in [0.5, 0.6) is 0 Å². The van der Waals surface area contributed by atoms with Crippen LogP contribution in [0.2, 0.25) is 0 Å². The van der Waals surface area contributed by atoms with E-state index in [0.29, 0.717) is 18.2 Å². The van der Waals surface area contributed by atoms with Gasteiger partial charge in [0.2, 0.25) is 5.91 Å². The highest BCUT2D eigenvalue weighted by atomic mass is 16.2. The van der Waals surface area contributed by atoms with E-state index in [9.17, 15) is 4.79 Å². The average Bonchev–Trinajstić information content (AvgIpc) is 2.46. The second kappa shape index (κ2) is 6.38. The largest absolute Gasteiger partial charge is 0.336 e. The number of benzene rings is 1. The number of amides is 1. The Hall–Kier alpha value is -1.82. The zero-order chi connectivity index (χ0) is 13.7. The fourth-order valence-electron chi connectivity index (χ4n) is 2.77. The minimum Gasteiger partial charge on any atom is -0.336 e. The van der Waals surface area contributed by atoms with Crippen molar-refractivity contribution in [3.8, 4) is 6.07 Å². The molecule has 1 aromatic carbocycles. The van der Waals surface area contributed by atoms with Crippen molar-refractivity contribution in [1.82, 2.24) is 4.90 Å². The smallest absolute Gasteiger partial charge is 0.219 e. The third-order valence-corrected chi connectivity index (χ3v) is 3.86. The molecule has 0 spiro atoms. The first-order valence-electron chi connectivity index (χ1n) is 6.97. The Kier molecular flexibility index (Phi) is 4.57. The molecule has 0 N–H and O–H groups in total. The van der Waals surface area contributed by atoms with Gasteiger partial charge in [-0.3, -0.25) is 4.79 Å². The number of nitrogens with zero attached hydrogens (tertiary/aromatic N) is 2. The van der Waals surface area contributed by atoms with Crippen LogP contribution in [0.1, 0.15) is 50.2 Å². The van der Waals surface area contributed by atoms with E-state index in [-0.39, 0.29) is 5.91 Å². The van der Waals surface area contributed by atoms with E-state index in [1.807, 2.05) is 29.2 Å². The molecule has 1 aliphatic rings. The Labute approximate surface area is 114 Å². The van der Waals surface area contributed by atoms with Crippen LogP contribution in [-0.2, 0) is 11.3 Å². The molecule has 1 fully saturated rings. The lowest BCUT2D eigenvalue weighted by molar-refractivity contribution is -0.132. The summed E-state index contributed by atoms with van der Waals surface area (Å²) in [6.07, 6.45) is 5.98. The molecule has 0 radical (unpaired) electrons. The van der Waals surface area contributed by atoms with E-state index in [1.165, 1.54) is 19.3 Å². The normalized spacial score (nSPS) is 15.8. The van der Waals surface area contributed by atoms with E-state index in [4.69, 9.17) is 5.26 Å². The minimum atomic E-state index is 0.149. The first-order chi connectivity index (χ1) is 9.20. The summed E-state index contributed by atoms with van der Waals surface area (Å²) in [6, 6.07) is 10.0. The van der Waals surface area contributed by atoms with Gasteiger partial charge in [0.1, 0.15) is 0 Å². The van der Waals surface area contributed by atoms with Crippen LogP contribution in [0, 0.1) is 11.3 Å². The van der Waals surface area contributed by atoms with Crippen molar-refractivity contribution in [3.05, 3.63) is 35.4 Å². The zero-order valence-corrected chi connectivity index (χ0v) is 11.4. The Balaban J connectivity index is 2.07. The quantitative estimate of drug-likeness (QED) is 0.833. The van der Waals surface area contributed by atoms with Crippen LogP contribution >= 0.6 is 0 Å². The van der Waals surface area contributed by atoms with Crippen molar-refractivity contribution in [2.75, 3.05) is 0 Å². The summed E-state index contributed by atoms with van der Waals surface area (Å²) in [7, 11) is 0. The summed E-state index contributed by atoms with van der Waals surface area (Å²) in [5.41, 5.74) is 1.76. The third-order valence-electron chi connectivity index (χ3n) is 3.86. The van der Waals surface area contributed by atoms with E-state index >= 15 is 0 Å². The molecule has 0 atom stereocenters. The zero-order valence-electron chi connectivity index (χ0n) is 11.4. The van der Waals surface area contributed by atoms with Gasteiger partial charge in [-0.2, -0.15) is 5.26 Å². The predicted molar refractivity (Wildman–Crippen MR) is 74.3 cm³/mol. The lowest BCUT2D eigenvalue weighted by Crippen LogP contribution is -2.39. The fraction of sp³-hybridized carbons (Fsp3) is 0.500. The molecular formula is C16H20N2O. The van der Waals surface area contributed by atoms with Gasteiger partial charge in [0.05, 0.1) is 11.6 Å². The number of nitriles is 1. The van der Waals surface area contributed by atoms with Crippen molar-refractivity contribution in [3.63, 3.8) is 0 Å². The molecule has 1 amide bonds. The molecule has 1 aliphatic carbocycles. The molecule has 3 heteroatoms. The SMILES string of the molecule is CC(=O)N(Cc1ccc(C#N)cc1)C1CCCCC1. The molecule has 2 rings (SSSR count). The van der Waals surface area contributed by atoms with Gasteiger partial charge in [-0.05, 0) is 30.5 Å². The number of rotatable bonds is 3. The molecule has 0 aromatic heterocycles. The average molecular weight is 256 g/mol. The Bertz CT molecular complexity index is 467. The fourth-order valence-corrected chi connectivity index (χ4v) is 2.77. The van der Waals surface area contributed by atoms with Gasteiger partial charge in [0.25, 0.3) is 0 Å². The highest BCUT2D eigenvalue weighted by Gasteiger charge is 2.23. The molecule has 1 saturated carbocycles. The maximum atomic E-state index is 11.8. The van der Waals surface area contributed by atoms with E-state index in [1.54, 1.807) is 6.92 Å². The second-order valence-electron chi connectivity index (χ2n) is 5.25. The van der Waals surface area contributed by atoms with Crippen molar-refractivity contribution < 1.29 is 4.79 Å². The van der Waals surface area contributed by atoms with Gasteiger partial charge >= 0.3 is 0 Å². The van der Waals surface area contributed by atoms with E-state index in [2.05, 4.69) is 6.07 Å².